The van der Waals surface area contributed by atoms with Crippen LogP contribution in [0.4, 0.5) is 0 Å². The van der Waals surface area contributed by atoms with Crippen LogP contribution in [-0.4, -0.2) is 39.7 Å². The van der Waals surface area contributed by atoms with E-state index in [1.165, 1.54) is 0 Å². The van der Waals surface area contributed by atoms with Crippen molar-refractivity contribution >= 4 is 5.91 Å². The average molecular weight is 326 g/mol. The highest BCUT2D eigenvalue weighted by atomic mass is 16.2. The number of piperidine rings is 1. The molecule has 3 rings (SSSR count). The molecule has 1 saturated heterocycles. The number of para-hydroxylation sites is 1. The fourth-order valence-electron chi connectivity index (χ4n) is 3.41. The fraction of sp³-hybridized carbons (Fsp3) is 0.474. The Hall–Kier alpha value is -2.14. The molecule has 1 aromatic carbocycles. The summed E-state index contributed by atoms with van der Waals surface area (Å²) >= 11 is 0. The summed E-state index contributed by atoms with van der Waals surface area (Å²) < 4.78 is 1.85. The van der Waals surface area contributed by atoms with Crippen LogP contribution in [0.25, 0.3) is 5.69 Å². The van der Waals surface area contributed by atoms with Gasteiger partial charge in [0.15, 0.2) is 0 Å². The Kier molecular flexibility index (Phi) is 5.30. The van der Waals surface area contributed by atoms with Gasteiger partial charge in [-0.05, 0) is 42.9 Å². The van der Waals surface area contributed by atoms with Crippen LogP contribution in [0.15, 0.2) is 42.7 Å². The molecule has 2 aromatic rings. The van der Waals surface area contributed by atoms with E-state index in [2.05, 4.69) is 12.0 Å². The molecule has 2 heterocycles. The van der Waals surface area contributed by atoms with E-state index in [1.54, 1.807) is 0 Å². The molecule has 1 aromatic heterocycles. The van der Waals surface area contributed by atoms with Crippen LogP contribution in [0.1, 0.15) is 31.7 Å². The fourth-order valence-corrected chi connectivity index (χ4v) is 3.41. The minimum atomic E-state index is 0.202. The standard InChI is InChI=1S/C19H26N4O/c1-15-9-10-22(18(11-15)12-20)19(24)8-7-16-13-21-23(14-16)17-5-3-2-4-6-17/h2-6,13-15,18H,7-12,20H2,1H3. The van der Waals surface area contributed by atoms with E-state index < -0.39 is 0 Å². The number of carbonyl (C=O) groups excluding carboxylic acids is 1. The third-order valence-corrected chi connectivity index (χ3v) is 4.85. The molecule has 0 spiro atoms. The molecule has 2 N–H and O–H groups in total. The van der Waals surface area contributed by atoms with Crippen LogP contribution in [0, 0.1) is 5.92 Å². The number of hydrogen-bond donors (Lipinski definition) is 1. The number of likely N-dealkylation sites (tertiary alicyclic amines) is 1. The number of aromatic nitrogens is 2. The van der Waals surface area contributed by atoms with Gasteiger partial charge in [-0.15, -0.1) is 0 Å². The summed E-state index contributed by atoms with van der Waals surface area (Å²) in [5.74, 6) is 0.872. The zero-order valence-corrected chi connectivity index (χ0v) is 14.3. The lowest BCUT2D eigenvalue weighted by atomic mass is 9.92. The van der Waals surface area contributed by atoms with Crippen molar-refractivity contribution in [2.75, 3.05) is 13.1 Å². The molecule has 1 aliphatic rings. The van der Waals surface area contributed by atoms with E-state index in [9.17, 15) is 4.79 Å². The first-order valence-corrected chi connectivity index (χ1v) is 8.76. The molecule has 128 valence electrons. The van der Waals surface area contributed by atoms with Crippen LogP contribution in [0.3, 0.4) is 0 Å². The summed E-state index contributed by atoms with van der Waals surface area (Å²) in [7, 11) is 0. The zero-order valence-electron chi connectivity index (χ0n) is 14.3. The molecule has 2 atom stereocenters. The summed E-state index contributed by atoms with van der Waals surface area (Å²) in [5.41, 5.74) is 7.98. The highest BCUT2D eigenvalue weighted by Gasteiger charge is 2.28. The van der Waals surface area contributed by atoms with Crippen LogP contribution in [0.5, 0.6) is 0 Å². The van der Waals surface area contributed by atoms with E-state index in [1.807, 2.05) is 52.3 Å². The smallest absolute Gasteiger partial charge is 0.223 e. The van der Waals surface area contributed by atoms with Gasteiger partial charge >= 0.3 is 0 Å². The lowest BCUT2D eigenvalue weighted by Crippen LogP contribution is -2.49. The van der Waals surface area contributed by atoms with E-state index in [0.717, 1.165) is 37.1 Å². The van der Waals surface area contributed by atoms with Crippen molar-refractivity contribution in [3.63, 3.8) is 0 Å². The van der Waals surface area contributed by atoms with Gasteiger partial charge in [0.05, 0.1) is 11.9 Å². The van der Waals surface area contributed by atoms with Gasteiger partial charge in [-0.3, -0.25) is 4.79 Å². The minimum Gasteiger partial charge on any atom is -0.338 e. The topological polar surface area (TPSA) is 64.2 Å². The highest BCUT2D eigenvalue weighted by Crippen LogP contribution is 2.23. The van der Waals surface area contributed by atoms with E-state index >= 15 is 0 Å². The Morgan fingerprint density at radius 3 is 2.88 bits per heavy atom. The number of rotatable bonds is 5. The molecule has 1 aliphatic heterocycles. The summed E-state index contributed by atoms with van der Waals surface area (Å²) in [6, 6.07) is 10.2. The van der Waals surface area contributed by atoms with Crippen molar-refractivity contribution in [2.45, 2.75) is 38.6 Å². The summed E-state index contributed by atoms with van der Waals surface area (Å²) in [6.07, 6.45) is 7.18. The number of benzene rings is 1. The average Bonchev–Trinajstić information content (AvgIpc) is 3.09. The Morgan fingerprint density at radius 2 is 2.12 bits per heavy atom. The quantitative estimate of drug-likeness (QED) is 0.917. The van der Waals surface area contributed by atoms with Gasteiger partial charge in [-0.25, -0.2) is 4.68 Å². The lowest BCUT2D eigenvalue weighted by molar-refractivity contribution is -0.135. The van der Waals surface area contributed by atoms with Crippen molar-refractivity contribution in [3.05, 3.63) is 48.3 Å². The second-order valence-electron chi connectivity index (χ2n) is 6.73. The first-order valence-electron chi connectivity index (χ1n) is 8.76. The molecule has 24 heavy (non-hydrogen) atoms. The monoisotopic (exact) mass is 326 g/mol. The third-order valence-electron chi connectivity index (χ3n) is 4.85. The van der Waals surface area contributed by atoms with Crippen LogP contribution in [0.2, 0.25) is 0 Å². The van der Waals surface area contributed by atoms with Crippen molar-refractivity contribution in [3.8, 4) is 5.69 Å². The van der Waals surface area contributed by atoms with Crippen molar-refractivity contribution in [1.82, 2.24) is 14.7 Å². The first-order chi connectivity index (χ1) is 11.7. The Bertz CT molecular complexity index is 667. The molecule has 1 fully saturated rings. The maximum Gasteiger partial charge on any atom is 0.223 e. The van der Waals surface area contributed by atoms with Crippen LogP contribution < -0.4 is 5.73 Å². The molecule has 0 saturated carbocycles. The molecule has 0 bridgehead atoms. The van der Waals surface area contributed by atoms with E-state index in [4.69, 9.17) is 5.73 Å². The number of hydrogen-bond acceptors (Lipinski definition) is 3. The molecule has 1 amide bonds. The molecule has 0 radical (unpaired) electrons. The molecule has 0 aliphatic carbocycles. The van der Waals surface area contributed by atoms with Crippen molar-refractivity contribution < 1.29 is 4.79 Å². The van der Waals surface area contributed by atoms with Gasteiger partial charge in [-0.1, -0.05) is 25.1 Å². The van der Waals surface area contributed by atoms with E-state index in [-0.39, 0.29) is 11.9 Å². The molecule has 5 nitrogen and oxygen atoms in total. The number of amides is 1. The summed E-state index contributed by atoms with van der Waals surface area (Å²) in [6.45, 7) is 3.63. The normalized spacial score (nSPS) is 21.0. The number of nitrogens with zero attached hydrogens (tertiary/aromatic N) is 3. The summed E-state index contributed by atoms with van der Waals surface area (Å²) in [4.78, 5) is 14.6. The first kappa shape index (κ1) is 16.7. The Morgan fingerprint density at radius 1 is 1.33 bits per heavy atom. The number of aryl methyl sites for hydroxylation is 1. The molecule has 5 heteroatoms. The predicted octanol–water partition coefficient (Wildman–Crippen LogP) is 2.39. The lowest BCUT2D eigenvalue weighted by Gasteiger charge is -2.38. The van der Waals surface area contributed by atoms with Gasteiger partial charge in [0.2, 0.25) is 5.91 Å². The Balaban J connectivity index is 1.58. The third kappa shape index (κ3) is 3.85. The van der Waals surface area contributed by atoms with Crippen molar-refractivity contribution in [1.29, 1.82) is 0 Å². The van der Waals surface area contributed by atoms with Gasteiger partial charge < -0.3 is 10.6 Å². The minimum absolute atomic E-state index is 0.202. The molecular weight excluding hydrogens is 300 g/mol. The van der Waals surface area contributed by atoms with Crippen LogP contribution in [-0.2, 0) is 11.2 Å². The largest absolute Gasteiger partial charge is 0.338 e. The predicted molar refractivity (Wildman–Crippen MR) is 94.8 cm³/mol. The van der Waals surface area contributed by atoms with E-state index in [0.29, 0.717) is 18.9 Å². The second-order valence-corrected chi connectivity index (χ2v) is 6.73. The number of nitrogens with two attached hydrogens (primary N) is 1. The second kappa shape index (κ2) is 7.62. The zero-order chi connectivity index (χ0) is 16.9. The number of carbonyl (C=O) groups is 1. The van der Waals surface area contributed by atoms with Gasteiger partial charge in [-0.2, -0.15) is 5.10 Å². The van der Waals surface area contributed by atoms with Gasteiger partial charge in [0.1, 0.15) is 0 Å². The van der Waals surface area contributed by atoms with Gasteiger partial charge in [0.25, 0.3) is 0 Å². The maximum atomic E-state index is 12.6. The SMILES string of the molecule is CC1CCN(C(=O)CCc2cnn(-c3ccccc3)c2)C(CN)C1. The highest BCUT2D eigenvalue weighted by molar-refractivity contribution is 5.77. The molecular formula is C19H26N4O. The van der Waals surface area contributed by atoms with Gasteiger partial charge in [0, 0.05) is 31.7 Å². The van der Waals surface area contributed by atoms with Crippen LogP contribution >= 0.6 is 0 Å². The summed E-state index contributed by atoms with van der Waals surface area (Å²) in [5, 5.41) is 4.39. The molecule has 2 unspecified atom stereocenters. The maximum absolute atomic E-state index is 12.6. The van der Waals surface area contributed by atoms with Crippen molar-refractivity contribution in [2.24, 2.45) is 11.7 Å². The Labute approximate surface area is 143 Å².